The lowest BCUT2D eigenvalue weighted by Crippen LogP contribution is -1.94. The van der Waals surface area contributed by atoms with E-state index in [-0.39, 0.29) is 5.76 Å². The van der Waals surface area contributed by atoms with E-state index in [0.717, 1.165) is 19.3 Å². The van der Waals surface area contributed by atoms with Gasteiger partial charge in [0.15, 0.2) is 0 Å². The molecule has 0 radical (unpaired) electrons. The highest BCUT2D eigenvalue weighted by molar-refractivity contribution is 7.88. The summed E-state index contributed by atoms with van der Waals surface area (Å²) < 4.78 is 29.5. The van der Waals surface area contributed by atoms with Crippen LogP contribution in [0.5, 0.6) is 0 Å². The van der Waals surface area contributed by atoms with E-state index < -0.39 is 10.1 Å². The van der Waals surface area contributed by atoms with E-state index in [2.05, 4.69) is 6.92 Å². The van der Waals surface area contributed by atoms with Crippen molar-refractivity contribution in [2.24, 2.45) is 0 Å². The van der Waals surface area contributed by atoms with Crippen molar-refractivity contribution in [3.63, 3.8) is 0 Å². The number of hydrogen-bond acceptors (Lipinski definition) is 3. The van der Waals surface area contributed by atoms with Gasteiger partial charge in [-0.1, -0.05) is 77.6 Å². The fraction of sp³-hybridized carbons (Fsp3) is 0.875. The molecule has 21 heavy (non-hydrogen) atoms. The predicted octanol–water partition coefficient (Wildman–Crippen LogP) is 5.36. The van der Waals surface area contributed by atoms with E-state index in [1.54, 1.807) is 0 Å². The van der Waals surface area contributed by atoms with Crippen molar-refractivity contribution >= 4 is 10.1 Å². The maximum absolute atomic E-state index is 10.5. The zero-order valence-electron chi connectivity index (χ0n) is 13.4. The highest BCUT2D eigenvalue weighted by Gasteiger charge is 2.02. The lowest BCUT2D eigenvalue weighted by Gasteiger charge is -2.03. The molecule has 0 rings (SSSR count). The molecule has 0 atom stereocenters. The Morgan fingerprint density at radius 3 is 1.57 bits per heavy atom. The third-order valence-electron chi connectivity index (χ3n) is 3.57. The Morgan fingerprint density at radius 1 is 0.810 bits per heavy atom. The number of rotatable bonds is 14. The second-order valence-electron chi connectivity index (χ2n) is 5.76. The molecule has 0 amide bonds. The van der Waals surface area contributed by atoms with Gasteiger partial charge in [0.25, 0.3) is 10.1 Å². The Labute approximate surface area is 130 Å². The Morgan fingerprint density at radius 2 is 1.19 bits per heavy atom. The van der Waals surface area contributed by atoms with E-state index >= 15 is 0 Å². The molecule has 0 aromatic rings. The fourth-order valence-electron chi connectivity index (χ4n) is 2.38. The van der Waals surface area contributed by atoms with Crippen LogP contribution in [0.3, 0.4) is 0 Å². The normalized spacial score (nSPS) is 12.8. The Hall–Kier alpha value is -0.550. The third-order valence-corrected chi connectivity index (χ3v) is 4.14. The van der Waals surface area contributed by atoms with Gasteiger partial charge in [-0.15, -0.1) is 0 Å². The van der Waals surface area contributed by atoms with Crippen LogP contribution < -0.4 is 0 Å². The number of aliphatic hydroxyl groups is 1. The van der Waals surface area contributed by atoms with E-state index in [1.165, 1.54) is 57.8 Å². The summed E-state index contributed by atoms with van der Waals surface area (Å²) in [7, 11) is -4.20. The van der Waals surface area contributed by atoms with Crippen molar-refractivity contribution in [3.05, 3.63) is 11.2 Å². The van der Waals surface area contributed by atoms with Crippen LogP contribution in [0.25, 0.3) is 0 Å². The first kappa shape index (κ1) is 20.5. The smallest absolute Gasteiger partial charge is 0.290 e. The van der Waals surface area contributed by atoms with Crippen LogP contribution in [-0.4, -0.2) is 18.1 Å². The second kappa shape index (κ2) is 13.1. The largest absolute Gasteiger partial charge is 0.512 e. The van der Waals surface area contributed by atoms with Crippen LogP contribution in [0.4, 0.5) is 0 Å². The number of hydrogen-bond donors (Lipinski definition) is 2. The SMILES string of the molecule is CCCCCCCCCCCCCCC(O)=CS(=O)(=O)O. The van der Waals surface area contributed by atoms with Gasteiger partial charge in [0.05, 0.1) is 5.41 Å². The first-order valence-electron chi connectivity index (χ1n) is 8.32. The minimum atomic E-state index is -4.20. The monoisotopic (exact) mass is 320 g/mol. The highest BCUT2D eigenvalue weighted by Crippen LogP contribution is 2.13. The molecule has 0 aromatic heterocycles. The van der Waals surface area contributed by atoms with Crippen LogP contribution >= 0.6 is 0 Å². The highest BCUT2D eigenvalue weighted by atomic mass is 32.2. The lowest BCUT2D eigenvalue weighted by molar-refractivity contribution is 0.379. The van der Waals surface area contributed by atoms with Crippen LogP contribution in [0.1, 0.15) is 90.4 Å². The molecule has 0 spiro atoms. The van der Waals surface area contributed by atoms with Gasteiger partial charge in [0, 0.05) is 6.42 Å². The molecule has 2 N–H and O–H groups in total. The molecule has 0 aliphatic rings. The molecule has 0 fully saturated rings. The third kappa shape index (κ3) is 17.4. The average Bonchev–Trinajstić information content (AvgIpc) is 2.38. The topological polar surface area (TPSA) is 74.6 Å². The second-order valence-corrected chi connectivity index (χ2v) is 7.03. The molecule has 0 heterocycles. The molecule has 0 unspecified atom stereocenters. The molecule has 126 valence electrons. The van der Waals surface area contributed by atoms with Crippen molar-refractivity contribution in [1.29, 1.82) is 0 Å². The summed E-state index contributed by atoms with van der Waals surface area (Å²) in [5, 5.41) is 9.79. The molecule has 0 aromatic carbocycles. The van der Waals surface area contributed by atoms with Gasteiger partial charge in [-0.05, 0) is 6.42 Å². The number of aliphatic hydroxyl groups excluding tert-OH is 1. The van der Waals surface area contributed by atoms with Gasteiger partial charge in [-0.2, -0.15) is 8.42 Å². The fourth-order valence-corrected chi connectivity index (χ4v) is 2.84. The molecular formula is C16H32O4S. The van der Waals surface area contributed by atoms with Crippen molar-refractivity contribution in [2.75, 3.05) is 0 Å². The first-order valence-corrected chi connectivity index (χ1v) is 9.83. The molecular weight excluding hydrogens is 288 g/mol. The van der Waals surface area contributed by atoms with Crippen LogP contribution in [0.15, 0.2) is 11.2 Å². The molecule has 5 heteroatoms. The quantitative estimate of drug-likeness (QED) is 0.256. The van der Waals surface area contributed by atoms with Crippen LogP contribution in [0, 0.1) is 0 Å². The molecule has 0 aliphatic carbocycles. The van der Waals surface area contributed by atoms with Crippen molar-refractivity contribution in [3.8, 4) is 0 Å². The van der Waals surface area contributed by atoms with Crippen molar-refractivity contribution in [1.82, 2.24) is 0 Å². The summed E-state index contributed by atoms with van der Waals surface area (Å²) in [6.45, 7) is 2.23. The first-order chi connectivity index (χ1) is 9.95. The van der Waals surface area contributed by atoms with E-state index in [4.69, 9.17) is 4.55 Å². The minimum Gasteiger partial charge on any atom is -0.512 e. The van der Waals surface area contributed by atoms with Gasteiger partial charge < -0.3 is 5.11 Å². The van der Waals surface area contributed by atoms with E-state index in [1.807, 2.05) is 0 Å². The predicted molar refractivity (Wildman–Crippen MR) is 88.0 cm³/mol. The van der Waals surface area contributed by atoms with Gasteiger partial charge in [-0.3, -0.25) is 4.55 Å². The zero-order valence-corrected chi connectivity index (χ0v) is 14.2. The Balaban J connectivity index is 3.28. The van der Waals surface area contributed by atoms with E-state index in [0.29, 0.717) is 11.8 Å². The van der Waals surface area contributed by atoms with Gasteiger partial charge in [-0.25, -0.2) is 0 Å². The van der Waals surface area contributed by atoms with E-state index in [9.17, 15) is 13.5 Å². The summed E-state index contributed by atoms with van der Waals surface area (Å²) in [5.41, 5.74) is 0. The van der Waals surface area contributed by atoms with Gasteiger partial charge in [0.2, 0.25) is 0 Å². The summed E-state index contributed by atoms with van der Waals surface area (Å²) in [6, 6.07) is 0. The van der Waals surface area contributed by atoms with Gasteiger partial charge in [0.1, 0.15) is 5.76 Å². The molecule has 0 saturated heterocycles. The average molecular weight is 320 g/mol. The summed E-state index contributed by atoms with van der Waals surface area (Å²) in [4.78, 5) is 0. The zero-order chi connectivity index (χ0) is 16.0. The standard InChI is InChI=1S/C16H32O4S/c1-2-3-4-5-6-7-8-9-10-11-12-13-14-16(17)15-21(18,19)20/h15,17H,2-14H2,1H3,(H,18,19,20). The van der Waals surface area contributed by atoms with Crippen molar-refractivity contribution in [2.45, 2.75) is 90.4 Å². The Bertz CT molecular complexity index is 360. The summed E-state index contributed by atoms with van der Waals surface area (Å²) >= 11 is 0. The van der Waals surface area contributed by atoms with Crippen LogP contribution in [0.2, 0.25) is 0 Å². The summed E-state index contributed by atoms with van der Waals surface area (Å²) in [6.07, 6.45) is 15.0. The molecule has 0 saturated carbocycles. The summed E-state index contributed by atoms with van der Waals surface area (Å²) in [5.74, 6) is -0.260. The number of allylic oxidation sites excluding steroid dienone is 1. The minimum absolute atomic E-state index is 0.260. The van der Waals surface area contributed by atoms with Crippen LogP contribution in [-0.2, 0) is 10.1 Å². The Kier molecular flexibility index (Phi) is 12.8. The maximum Gasteiger partial charge on any atom is 0.290 e. The van der Waals surface area contributed by atoms with Crippen molar-refractivity contribution < 1.29 is 18.1 Å². The molecule has 0 bridgehead atoms. The number of unbranched alkanes of at least 4 members (excludes halogenated alkanes) is 11. The molecule has 4 nitrogen and oxygen atoms in total. The lowest BCUT2D eigenvalue weighted by atomic mass is 10.0. The molecule has 0 aliphatic heterocycles. The van der Waals surface area contributed by atoms with Gasteiger partial charge >= 0.3 is 0 Å². The maximum atomic E-state index is 10.5.